The summed E-state index contributed by atoms with van der Waals surface area (Å²) in [4.78, 5) is 9.63. The summed E-state index contributed by atoms with van der Waals surface area (Å²) < 4.78 is 0. The van der Waals surface area contributed by atoms with Crippen molar-refractivity contribution in [2.45, 2.75) is 39.0 Å². The molecule has 0 bridgehead atoms. The Labute approximate surface area is 176 Å². The normalized spacial score (nSPS) is 21.5. The van der Waals surface area contributed by atoms with Crippen molar-refractivity contribution < 1.29 is 0 Å². The summed E-state index contributed by atoms with van der Waals surface area (Å²) in [5.74, 6) is 1.88. The van der Waals surface area contributed by atoms with Gasteiger partial charge in [-0.15, -0.1) is 24.0 Å². The van der Waals surface area contributed by atoms with Gasteiger partial charge in [-0.2, -0.15) is 0 Å². The molecule has 0 radical (unpaired) electrons. The second-order valence-electron chi connectivity index (χ2n) is 7.67. The van der Waals surface area contributed by atoms with Crippen molar-refractivity contribution in [3.63, 3.8) is 0 Å². The van der Waals surface area contributed by atoms with Gasteiger partial charge in [0.1, 0.15) is 0 Å². The Bertz CT molecular complexity index is 552. The standard InChI is InChI=1S/C21H34N4.HI/c1-18-6-8-19(9-7-18)10-12-23-21(22-2)25-15-11-20(17-25)16-24-13-4-3-5-14-24;/h6-9,20H,3-5,10-17H2,1-2H3,(H,22,23);1H. The first-order valence-corrected chi connectivity index (χ1v) is 9.98. The van der Waals surface area contributed by atoms with Crippen LogP contribution in [0.5, 0.6) is 0 Å². The van der Waals surface area contributed by atoms with Crippen LogP contribution < -0.4 is 5.32 Å². The molecule has 2 aliphatic rings. The molecule has 2 fully saturated rings. The first-order valence-electron chi connectivity index (χ1n) is 9.98. The van der Waals surface area contributed by atoms with Gasteiger partial charge in [0.2, 0.25) is 0 Å². The molecule has 146 valence electrons. The minimum atomic E-state index is 0. The molecule has 2 aliphatic heterocycles. The highest BCUT2D eigenvalue weighted by Gasteiger charge is 2.26. The Morgan fingerprint density at radius 1 is 1.12 bits per heavy atom. The number of benzene rings is 1. The predicted octanol–water partition coefficient (Wildman–Crippen LogP) is 3.54. The molecule has 0 spiro atoms. The summed E-state index contributed by atoms with van der Waals surface area (Å²) >= 11 is 0. The van der Waals surface area contributed by atoms with Crippen LogP contribution in [0.1, 0.15) is 36.8 Å². The maximum atomic E-state index is 4.51. The van der Waals surface area contributed by atoms with Crippen molar-refractivity contribution >= 4 is 29.9 Å². The third-order valence-electron chi connectivity index (χ3n) is 5.58. The lowest BCUT2D eigenvalue weighted by Crippen LogP contribution is -2.41. The maximum absolute atomic E-state index is 4.51. The summed E-state index contributed by atoms with van der Waals surface area (Å²) in [5.41, 5.74) is 2.71. The molecule has 1 N–H and O–H groups in total. The SMILES string of the molecule is CN=C(NCCc1ccc(C)cc1)N1CCC(CN2CCCCC2)C1.I. The van der Waals surface area contributed by atoms with Crippen molar-refractivity contribution in [1.29, 1.82) is 0 Å². The Morgan fingerprint density at radius 2 is 1.85 bits per heavy atom. The van der Waals surface area contributed by atoms with E-state index >= 15 is 0 Å². The number of likely N-dealkylation sites (tertiary alicyclic amines) is 2. The van der Waals surface area contributed by atoms with Gasteiger partial charge in [-0.3, -0.25) is 4.99 Å². The van der Waals surface area contributed by atoms with E-state index in [1.807, 2.05) is 7.05 Å². The Balaban J connectivity index is 0.00000243. The maximum Gasteiger partial charge on any atom is 0.193 e. The van der Waals surface area contributed by atoms with Crippen molar-refractivity contribution in [3.8, 4) is 0 Å². The smallest absolute Gasteiger partial charge is 0.193 e. The summed E-state index contributed by atoms with van der Waals surface area (Å²) in [5, 5.41) is 3.56. The molecule has 0 saturated carbocycles. The fourth-order valence-corrected chi connectivity index (χ4v) is 4.09. The molecule has 0 aromatic heterocycles. The zero-order chi connectivity index (χ0) is 17.5. The highest BCUT2D eigenvalue weighted by atomic mass is 127. The van der Waals surface area contributed by atoms with Gasteiger partial charge in [0, 0.05) is 33.2 Å². The van der Waals surface area contributed by atoms with E-state index < -0.39 is 0 Å². The quantitative estimate of drug-likeness (QED) is 0.406. The first kappa shape index (κ1) is 21.5. The average Bonchev–Trinajstić information content (AvgIpc) is 3.09. The van der Waals surface area contributed by atoms with E-state index in [1.54, 1.807) is 0 Å². The molecular weight excluding hydrogens is 435 g/mol. The van der Waals surface area contributed by atoms with Gasteiger partial charge in [0.25, 0.3) is 0 Å². The van der Waals surface area contributed by atoms with Gasteiger partial charge in [-0.05, 0) is 57.2 Å². The molecule has 1 unspecified atom stereocenters. The number of nitrogens with zero attached hydrogens (tertiary/aromatic N) is 3. The van der Waals surface area contributed by atoms with Crippen LogP contribution in [-0.4, -0.2) is 62.1 Å². The van der Waals surface area contributed by atoms with Crippen LogP contribution in [0.3, 0.4) is 0 Å². The first-order chi connectivity index (χ1) is 12.2. The molecule has 0 aliphatic carbocycles. The highest BCUT2D eigenvalue weighted by Crippen LogP contribution is 2.19. The number of hydrogen-bond donors (Lipinski definition) is 1. The Kier molecular flexibility index (Phi) is 9.19. The Hall–Kier alpha value is -0.820. The summed E-state index contributed by atoms with van der Waals surface area (Å²) in [6.07, 6.45) is 6.54. The molecule has 3 rings (SSSR count). The highest BCUT2D eigenvalue weighted by molar-refractivity contribution is 14.0. The molecular formula is C21H35IN4. The molecule has 0 amide bonds. The number of aryl methyl sites for hydroxylation is 1. The molecule has 2 saturated heterocycles. The van der Waals surface area contributed by atoms with Gasteiger partial charge in [0.15, 0.2) is 5.96 Å². The summed E-state index contributed by atoms with van der Waals surface area (Å²) in [6.45, 7) is 9.26. The van der Waals surface area contributed by atoms with Crippen molar-refractivity contribution in [1.82, 2.24) is 15.1 Å². The number of guanidine groups is 1. The van der Waals surface area contributed by atoms with Crippen LogP contribution in [0.25, 0.3) is 0 Å². The van der Waals surface area contributed by atoms with Crippen LogP contribution in [0.15, 0.2) is 29.3 Å². The molecule has 26 heavy (non-hydrogen) atoms. The van der Waals surface area contributed by atoms with E-state index in [1.165, 1.54) is 56.4 Å². The number of nitrogens with one attached hydrogen (secondary N) is 1. The van der Waals surface area contributed by atoms with E-state index in [-0.39, 0.29) is 24.0 Å². The van der Waals surface area contributed by atoms with E-state index in [4.69, 9.17) is 0 Å². The summed E-state index contributed by atoms with van der Waals surface area (Å²) in [6, 6.07) is 8.83. The van der Waals surface area contributed by atoms with Crippen LogP contribution in [0.2, 0.25) is 0 Å². The lowest BCUT2D eigenvalue weighted by Gasteiger charge is -2.29. The van der Waals surface area contributed by atoms with Gasteiger partial charge in [0.05, 0.1) is 0 Å². The third kappa shape index (κ3) is 6.41. The molecule has 1 aromatic carbocycles. The second kappa shape index (κ2) is 11.1. The van der Waals surface area contributed by atoms with E-state index in [0.717, 1.165) is 37.9 Å². The number of rotatable bonds is 5. The second-order valence-corrected chi connectivity index (χ2v) is 7.67. The molecule has 1 atom stereocenters. The molecule has 5 heteroatoms. The lowest BCUT2D eigenvalue weighted by atomic mass is 10.1. The van der Waals surface area contributed by atoms with E-state index in [0.29, 0.717) is 0 Å². The number of halogens is 1. The van der Waals surface area contributed by atoms with Crippen LogP contribution in [0, 0.1) is 12.8 Å². The van der Waals surface area contributed by atoms with Crippen molar-refractivity contribution in [3.05, 3.63) is 35.4 Å². The van der Waals surface area contributed by atoms with Crippen LogP contribution in [0.4, 0.5) is 0 Å². The monoisotopic (exact) mass is 470 g/mol. The van der Waals surface area contributed by atoms with Crippen molar-refractivity contribution in [2.75, 3.05) is 46.3 Å². The third-order valence-corrected chi connectivity index (χ3v) is 5.58. The topological polar surface area (TPSA) is 30.9 Å². The molecule has 2 heterocycles. The fourth-order valence-electron chi connectivity index (χ4n) is 4.09. The lowest BCUT2D eigenvalue weighted by molar-refractivity contribution is 0.198. The van der Waals surface area contributed by atoms with Gasteiger partial charge in [-0.1, -0.05) is 36.2 Å². The summed E-state index contributed by atoms with van der Waals surface area (Å²) in [7, 11) is 1.91. The van der Waals surface area contributed by atoms with Crippen molar-refractivity contribution in [2.24, 2.45) is 10.9 Å². The zero-order valence-electron chi connectivity index (χ0n) is 16.4. The fraction of sp³-hybridized carbons (Fsp3) is 0.667. The van der Waals surface area contributed by atoms with E-state index in [9.17, 15) is 0 Å². The van der Waals surface area contributed by atoms with Crippen LogP contribution in [-0.2, 0) is 6.42 Å². The minimum Gasteiger partial charge on any atom is -0.356 e. The molecule has 4 nitrogen and oxygen atoms in total. The van der Waals surface area contributed by atoms with Crippen LogP contribution >= 0.6 is 24.0 Å². The number of aliphatic imine (C=N–C) groups is 1. The van der Waals surface area contributed by atoms with Gasteiger partial charge in [-0.25, -0.2) is 0 Å². The molecule has 1 aromatic rings. The van der Waals surface area contributed by atoms with Gasteiger partial charge >= 0.3 is 0 Å². The average molecular weight is 470 g/mol. The minimum absolute atomic E-state index is 0. The Morgan fingerprint density at radius 3 is 2.54 bits per heavy atom. The number of hydrogen-bond acceptors (Lipinski definition) is 2. The zero-order valence-corrected chi connectivity index (χ0v) is 18.7. The predicted molar refractivity (Wildman–Crippen MR) is 122 cm³/mol. The van der Waals surface area contributed by atoms with E-state index in [2.05, 4.69) is 51.3 Å². The largest absolute Gasteiger partial charge is 0.356 e. The number of piperidine rings is 1. The van der Waals surface area contributed by atoms with Gasteiger partial charge < -0.3 is 15.1 Å².